The molecule has 2 N–H and O–H groups in total. The molecule has 4 aromatic carbocycles. The number of aromatic nitrogens is 4. The maximum absolute atomic E-state index is 12.0. The largest absolute Gasteiger partial charge is 0.294 e. The summed E-state index contributed by atoms with van der Waals surface area (Å²) in [5, 5.41) is 11.5. The number of rotatable bonds is 13. The number of fused-ring (bicyclic) bond motifs is 6. The Morgan fingerprint density at radius 3 is 1.36 bits per heavy atom. The van der Waals surface area contributed by atoms with E-state index in [9.17, 15) is 25.9 Å². The Balaban J connectivity index is 0.920. The minimum atomic E-state index is -4.41. The summed E-state index contributed by atoms with van der Waals surface area (Å²) in [5.74, 6) is 0. The Bertz CT molecular complexity index is 2720. The smallest absolute Gasteiger partial charge is 0.282 e. The van der Waals surface area contributed by atoms with E-state index in [1.165, 1.54) is 24.3 Å². The van der Waals surface area contributed by atoms with Crippen LogP contribution in [0.2, 0.25) is 20.1 Å². The van der Waals surface area contributed by atoms with E-state index >= 15 is 0 Å². The zero-order valence-corrected chi connectivity index (χ0v) is 35.2. The Morgan fingerprint density at radius 2 is 0.983 bits per heavy atom. The molecule has 0 atom stereocenters. The summed E-state index contributed by atoms with van der Waals surface area (Å²) in [6.45, 7) is 0. The van der Waals surface area contributed by atoms with Crippen molar-refractivity contribution in [2.24, 2.45) is 0 Å². The van der Waals surface area contributed by atoms with E-state index in [2.05, 4.69) is 12.2 Å². The standard InChI is InChI=1S/C42H34Cl4N4O6S2/c43-27-13-17-39(35(45)21-27)49-41-31-23-29(57(51,52)53)15-11-25(31)19-33(41)37(47-49)9-7-5-3-1-2-4-6-8-10-38-34-20-26-12-16-30(58(54,55)56)24-32(26)42(34)50(48-38)40-18-14-28(44)22-36(40)46/h7-18,21-24H,1-6,19-20H2,(H,51,52,53)(H,54,55,56)/b9-7+,10-8+. The topological polar surface area (TPSA) is 144 Å². The Morgan fingerprint density at radius 1 is 0.569 bits per heavy atom. The van der Waals surface area contributed by atoms with Gasteiger partial charge in [-0.15, -0.1) is 0 Å². The first-order valence-corrected chi connectivity index (χ1v) is 22.8. The highest BCUT2D eigenvalue weighted by Crippen LogP contribution is 2.44. The number of allylic oxidation sites excluding steroid dienone is 2. The van der Waals surface area contributed by atoms with Crippen molar-refractivity contribution in [3.8, 4) is 33.9 Å². The highest BCUT2D eigenvalue weighted by atomic mass is 35.5. The van der Waals surface area contributed by atoms with Crippen molar-refractivity contribution in [2.45, 2.75) is 61.2 Å². The van der Waals surface area contributed by atoms with Gasteiger partial charge in [-0.1, -0.05) is 83.5 Å². The Hall–Kier alpha value is -4.24. The number of hydrogen-bond acceptors (Lipinski definition) is 6. The van der Waals surface area contributed by atoms with E-state index < -0.39 is 20.2 Å². The van der Waals surface area contributed by atoms with Gasteiger partial charge in [0.15, 0.2) is 0 Å². The second-order valence-electron chi connectivity index (χ2n) is 14.2. The van der Waals surface area contributed by atoms with Crippen LogP contribution in [0.1, 0.15) is 72.2 Å². The summed E-state index contributed by atoms with van der Waals surface area (Å²) in [6.07, 6.45) is 15.0. The van der Waals surface area contributed by atoms with Crippen molar-refractivity contribution in [3.63, 3.8) is 0 Å². The van der Waals surface area contributed by atoms with Gasteiger partial charge in [0.2, 0.25) is 0 Å². The van der Waals surface area contributed by atoms with Crippen LogP contribution in [0.25, 0.3) is 46.0 Å². The van der Waals surface area contributed by atoms with Crippen LogP contribution in [-0.2, 0) is 33.1 Å². The average molecular weight is 897 g/mol. The van der Waals surface area contributed by atoms with Gasteiger partial charge < -0.3 is 0 Å². The third kappa shape index (κ3) is 8.04. The lowest BCUT2D eigenvalue weighted by Crippen LogP contribution is -2.02. The van der Waals surface area contributed by atoms with Gasteiger partial charge in [-0.3, -0.25) is 9.11 Å². The summed E-state index contributed by atoms with van der Waals surface area (Å²) in [4.78, 5) is -0.379. The molecule has 0 bridgehead atoms. The molecule has 6 aromatic rings. The molecule has 2 aliphatic carbocycles. The summed E-state index contributed by atoms with van der Waals surface area (Å²) in [6, 6.07) is 19.4. The van der Waals surface area contributed by atoms with Crippen molar-refractivity contribution >= 4 is 78.8 Å². The van der Waals surface area contributed by atoms with Crippen LogP contribution in [-0.4, -0.2) is 45.5 Å². The fourth-order valence-corrected chi connectivity index (χ4v) is 9.58. The number of hydrogen-bond donors (Lipinski definition) is 2. The van der Waals surface area contributed by atoms with E-state index in [1.54, 1.807) is 57.9 Å². The SMILES string of the molecule is O=S(=O)(O)c1ccc2c(c1)-c1c(c(/C=C/CCCCCC/C=C/c3nn(-c4ccc(Cl)cc4Cl)c4c3Cc3ccc(S(=O)(=O)O)cc3-4)nn1-c1ccc(Cl)cc1Cl)C2. The minimum absolute atomic E-state index is 0.189. The minimum Gasteiger partial charge on any atom is -0.282 e. The summed E-state index contributed by atoms with van der Waals surface area (Å²) < 4.78 is 70.8. The van der Waals surface area contributed by atoms with Gasteiger partial charge in [0.1, 0.15) is 0 Å². The van der Waals surface area contributed by atoms with Gasteiger partial charge in [0, 0.05) is 45.1 Å². The van der Waals surface area contributed by atoms with Crippen LogP contribution in [0.15, 0.2) is 94.7 Å². The van der Waals surface area contributed by atoms with Crippen molar-refractivity contribution in [1.29, 1.82) is 0 Å². The van der Waals surface area contributed by atoms with Crippen LogP contribution in [0.5, 0.6) is 0 Å². The molecule has 2 aliphatic rings. The lowest BCUT2D eigenvalue weighted by molar-refractivity contribution is 0.481. The predicted molar refractivity (Wildman–Crippen MR) is 229 cm³/mol. The monoisotopic (exact) mass is 894 g/mol. The third-order valence-electron chi connectivity index (χ3n) is 10.4. The molecule has 0 spiro atoms. The molecule has 16 heteroatoms. The molecule has 0 saturated heterocycles. The van der Waals surface area contributed by atoms with Crippen LogP contribution < -0.4 is 0 Å². The van der Waals surface area contributed by atoms with Crippen molar-refractivity contribution < 1.29 is 25.9 Å². The molecule has 10 nitrogen and oxygen atoms in total. The van der Waals surface area contributed by atoms with Gasteiger partial charge in [-0.25, -0.2) is 9.36 Å². The number of nitrogens with zero attached hydrogens (tertiary/aromatic N) is 4. The fraction of sp³-hybridized carbons (Fsp3) is 0.190. The molecule has 298 valence electrons. The van der Waals surface area contributed by atoms with Crippen LogP contribution in [0.4, 0.5) is 0 Å². The van der Waals surface area contributed by atoms with Crippen molar-refractivity contribution in [3.05, 3.63) is 139 Å². The zero-order valence-electron chi connectivity index (χ0n) is 30.5. The summed E-state index contributed by atoms with van der Waals surface area (Å²) in [5.41, 5.74) is 9.21. The highest BCUT2D eigenvalue weighted by molar-refractivity contribution is 7.86. The molecule has 58 heavy (non-hydrogen) atoms. The van der Waals surface area contributed by atoms with Crippen LogP contribution in [0, 0.1) is 0 Å². The van der Waals surface area contributed by atoms with Crippen molar-refractivity contribution in [2.75, 3.05) is 0 Å². The number of unbranched alkanes of at least 4 members (excludes halogenated alkanes) is 5. The molecule has 2 aromatic heterocycles. The maximum atomic E-state index is 12.0. The Kier molecular flexibility index (Phi) is 11.2. The number of halogens is 4. The van der Waals surface area contributed by atoms with Crippen molar-refractivity contribution in [1.82, 2.24) is 19.6 Å². The van der Waals surface area contributed by atoms with Gasteiger partial charge in [-0.05, 0) is 110 Å². The van der Waals surface area contributed by atoms with Gasteiger partial charge in [0.05, 0.1) is 54.0 Å². The second kappa shape index (κ2) is 16.1. The first kappa shape index (κ1) is 40.5. The first-order chi connectivity index (χ1) is 27.7. The lowest BCUT2D eigenvalue weighted by Gasteiger charge is -2.10. The maximum Gasteiger partial charge on any atom is 0.294 e. The van der Waals surface area contributed by atoms with E-state index in [0.29, 0.717) is 55.4 Å². The molecule has 0 amide bonds. The van der Waals surface area contributed by atoms with E-state index in [4.69, 9.17) is 56.6 Å². The highest BCUT2D eigenvalue weighted by Gasteiger charge is 2.31. The fourth-order valence-electron chi connectivity index (χ4n) is 7.59. The second-order valence-corrected chi connectivity index (χ2v) is 18.7. The van der Waals surface area contributed by atoms with E-state index in [-0.39, 0.29) is 9.79 Å². The molecule has 0 aliphatic heterocycles. The molecular formula is C42H34Cl4N4O6S2. The zero-order chi connectivity index (χ0) is 40.9. The average Bonchev–Trinajstić information content (AvgIpc) is 3.91. The molecule has 2 heterocycles. The van der Waals surface area contributed by atoms with Gasteiger partial charge in [-0.2, -0.15) is 27.0 Å². The molecule has 0 unspecified atom stereocenters. The molecule has 8 rings (SSSR count). The summed E-state index contributed by atoms with van der Waals surface area (Å²) >= 11 is 25.5. The third-order valence-corrected chi connectivity index (χ3v) is 13.1. The lowest BCUT2D eigenvalue weighted by atomic mass is 10.1. The Labute approximate surface area is 355 Å². The molecule has 0 saturated carbocycles. The van der Waals surface area contributed by atoms with E-state index in [0.717, 1.165) is 83.6 Å². The van der Waals surface area contributed by atoms with Gasteiger partial charge in [0.25, 0.3) is 20.2 Å². The molecule has 0 fully saturated rings. The first-order valence-electron chi connectivity index (χ1n) is 18.4. The van der Waals surface area contributed by atoms with Crippen LogP contribution >= 0.6 is 46.4 Å². The molecule has 0 radical (unpaired) electrons. The van der Waals surface area contributed by atoms with E-state index in [1.807, 2.05) is 12.2 Å². The normalized spacial score (nSPS) is 13.4. The number of benzene rings is 4. The predicted octanol–water partition coefficient (Wildman–Crippen LogP) is 11.4. The molecular weight excluding hydrogens is 862 g/mol. The van der Waals surface area contributed by atoms with Crippen LogP contribution in [0.3, 0.4) is 0 Å². The summed E-state index contributed by atoms with van der Waals surface area (Å²) in [7, 11) is -8.81. The quantitative estimate of drug-likeness (QED) is 0.0860. The van der Waals surface area contributed by atoms with Gasteiger partial charge >= 0.3 is 0 Å².